The summed E-state index contributed by atoms with van der Waals surface area (Å²) in [4.78, 5) is 13.2. The summed E-state index contributed by atoms with van der Waals surface area (Å²) < 4.78 is 34.1. The molecule has 0 saturated carbocycles. The van der Waals surface area contributed by atoms with E-state index >= 15 is 0 Å². The Morgan fingerprint density at radius 1 is 0.471 bits per heavy atom. The van der Waals surface area contributed by atoms with Crippen molar-refractivity contribution in [2.24, 2.45) is 0 Å². The van der Waals surface area contributed by atoms with Gasteiger partial charge in [-0.2, -0.15) is 0 Å². The minimum Gasteiger partial charge on any atom is -0.394 e. The van der Waals surface area contributed by atoms with Gasteiger partial charge in [-0.05, 0) is 12.8 Å². The molecule has 17 unspecified atom stereocenters. The maximum atomic E-state index is 13.2. The SMILES string of the molecule is CCCCCCCCCCCCCCC(=O)NC(COC1OC(CO)C(OC2OC(CO)C(OC3OC(CO)C(O)C(O)C3O)C(O)C2O)C(O)C1O)C(O)CCCCCCCCCCCCC. The number of nitrogens with one attached hydrogen (secondary N) is 1. The van der Waals surface area contributed by atoms with E-state index < -0.39 is 124 Å². The maximum absolute atomic E-state index is 13.2. The normalized spacial score (nSPS) is 33.1. The third-order valence-corrected chi connectivity index (χ3v) is 13.7. The second-order valence-electron chi connectivity index (χ2n) is 19.4. The topological polar surface area (TPSA) is 307 Å². The first-order valence-electron chi connectivity index (χ1n) is 26.3. The van der Waals surface area contributed by atoms with E-state index in [4.69, 9.17) is 28.4 Å². The highest BCUT2D eigenvalue weighted by Crippen LogP contribution is 2.33. The number of rotatable bonds is 37. The number of carbonyl (C=O) groups excluding carboxylic acids is 1. The lowest BCUT2D eigenvalue weighted by molar-refractivity contribution is -0.379. The van der Waals surface area contributed by atoms with Crippen LogP contribution in [0.2, 0.25) is 0 Å². The molecule has 0 aliphatic carbocycles. The zero-order valence-electron chi connectivity index (χ0n) is 41.1. The first-order valence-corrected chi connectivity index (χ1v) is 26.3. The molecule has 3 rings (SSSR count). The van der Waals surface area contributed by atoms with E-state index in [1.807, 2.05) is 0 Å². The lowest BCUT2D eigenvalue weighted by atomic mass is 9.96. The van der Waals surface area contributed by atoms with Crippen LogP contribution in [-0.2, 0) is 33.2 Å². The Morgan fingerprint density at radius 2 is 0.838 bits per heavy atom. The van der Waals surface area contributed by atoms with Crippen molar-refractivity contribution < 1.29 is 89.4 Å². The summed E-state index contributed by atoms with van der Waals surface area (Å²) in [5, 5.41) is 120. The summed E-state index contributed by atoms with van der Waals surface area (Å²) in [6.07, 6.45) is 0.707. The summed E-state index contributed by atoms with van der Waals surface area (Å²) in [5.41, 5.74) is 0. The Balaban J connectivity index is 1.55. The van der Waals surface area contributed by atoms with Gasteiger partial charge >= 0.3 is 0 Å². The minimum atomic E-state index is -1.97. The second kappa shape index (κ2) is 35.0. The highest BCUT2D eigenvalue weighted by molar-refractivity contribution is 5.76. The Kier molecular flexibility index (Phi) is 31.5. The molecule has 3 aliphatic rings. The number of hydrogen-bond acceptors (Lipinski definition) is 18. The van der Waals surface area contributed by atoms with Crippen LogP contribution in [0.4, 0.5) is 0 Å². The molecule has 0 aromatic rings. The lowest BCUT2D eigenvalue weighted by Crippen LogP contribution is -2.66. The smallest absolute Gasteiger partial charge is 0.220 e. The molecule has 0 radical (unpaired) electrons. The van der Waals surface area contributed by atoms with Gasteiger partial charge in [0.2, 0.25) is 5.91 Å². The van der Waals surface area contributed by atoms with Crippen molar-refractivity contribution in [3.63, 3.8) is 0 Å². The van der Waals surface area contributed by atoms with Gasteiger partial charge in [-0.15, -0.1) is 0 Å². The molecule has 1 amide bonds. The number of ether oxygens (including phenoxy) is 6. The summed E-state index contributed by atoms with van der Waals surface area (Å²) in [5.74, 6) is -0.245. The number of aliphatic hydroxyl groups excluding tert-OH is 11. The average molecular weight is 984 g/mol. The van der Waals surface area contributed by atoms with E-state index in [9.17, 15) is 61.0 Å². The minimum absolute atomic E-state index is 0.245. The van der Waals surface area contributed by atoms with Crippen LogP contribution in [0.25, 0.3) is 0 Å². The maximum Gasteiger partial charge on any atom is 0.220 e. The van der Waals surface area contributed by atoms with Crippen LogP contribution in [0.3, 0.4) is 0 Å². The zero-order chi connectivity index (χ0) is 49.8. The van der Waals surface area contributed by atoms with E-state index in [0.29, 0.717) is 12.8 Å². The van der Waals surface area contributed by atoms with Gasteiger partial charge in [0, 0.05) is 6.42 Å². The molecule has 19 nitrogen and oxygen atoms in total. The van der Waals surface area contributed by atoms with E-state index in [0.717, 1.165) is 44.9 Å². The average Bonchev–Trinajstić information content (AvgIpc) is 3.33. The van der Waals surface area contributed by atoms with Gasteiger partial charge in [-0.1, -0.05) is 155 Å². The molecule has 17 atom stereocenters. The molecular formula is C49H93NO18. The standard InChI is InChI=1S/C49H93NO18/c1-3-5-7-9-11-13-15-17-19-21-23-25-27-37(55)50-32(33(54)26-24-22-20-18-16-14-12-10-8-6-4-2)31-63-47-43(61)40(58)45(35(29-52)65-47)68-49-44(62)41(59)46(36(30-53)66-49)67-48-42(60)39(57)38(56)34(28-51)64-48/h32-36,38-49,51-54,56-62H,3-31H2,1-2H3,(H,50,55). The van der Waals surface area contributed by atoms with Gasteiger partial charge in [-0.25, -0.2) is 0 Å². The van der Waals surface area contributed by atoms with Crippen molar-refractivity contribution in [3.8, 4) is 0 Å². The molecule has 0 spiro atoms. The fraction of sp³-hybridized carbons (Fsp3) is 0.980. The Hall–Kier alpha value is -1.21. The van der Waals surface area contributed by atoms with Crippen LogP contribution < -0.4 is 5.32 Å². The number of unbranched alkanes of at least 4 members (excludes halogenated alkanes) is 21. The first kappa shape index (κ1) is 61.1. The predicted octanol–water partition coefficient (Wildman–Crippen LogP) is 2.09. The van der Waals surface area contributed by atoms with Gasteiger partial charge in [0.25, 0.3) is 0 Å². The van der Waals surface area contributed by atoms with Gasteiger partial charge in [0.15, 0.2) is 18.9 Å². The monoisotopic (exact) mass is 984 g/mol. The van der Waals surface area contributed by atoms with Crippen molar-refractivity contribution in [1.29, 1.82) is 0 Å². The molecular weight excluding hydrogens is 891 g/mol. The van der Waals surface area contributed by atoms with Crippen molar-refractivity contribution in [1.82, 2.24) is 5.32 Å². The van der Waals surface area contributed by atoms with Crippen molar-refractivity contribution in [3.05, 3.63) is 0 Å². The van der Waals surface area contributed by atoms with E-state index in [1.54, 1.807) is 0 Å². The molecule has 3 heterocycles. The molecule has 68 heavy (non-hydrogen) atoms. The highest BCUT2D eigenvalue weighted by atomic mass is 16.8. The first-order chi connectivity index (χ1) is 32.8. The fourth-order valence-corrected chi connectivity index (χ4v) is 9.25. The van der Waals surface area contributed by atoms with Crippen LogP contribution in [0.1, 0.15) is 174 Å². The number of amides is 1. The number of hydrogen-bond donors (Lipinski definition) is 12. The largest absolute Gasteiger partial charge is 0.394 e. The predicted molar refractivity (Wildman–Crippen MR) is 250 cm³/mol. The molecule has 402 valence electrons. The van der Waals surface area contributed by atoms with Crippen LogP contribution in [0.15, 0.2) is 0 Å². The number of aliphatic hydroxyl groups is 11. The summed E-state index contributed by atoms with van der Waals surface area (Å²) in [6, 6.07) is -0.877. The van der Waals surface area contributed by atoms with Crippen LogP contribution in [0.5, 0.6) is 0 Å². The van der Waals surface area contributed by atoms with E-state index in [-0.39, 0.29) is 18.9 Å². The van der Waals surface area contributed by atoms with Gasteiger partial charge in [0.05, 0.1) is 38.6 Å². The summed E-state index contributed by atoms with van der Waals surface area (Å²) in [7, 11) is 0. The third kappa shape index (κ3) is 20.7. The summed E-state index contributed by atoms with van der Waals surface area (Å²) in [6.45, 7) is 1.74. The number of carbonyl (C=O) groups is 1. The molecule has 0 aromatic heterocycles. The Morgan fingerprint density at radius 3 is 1.28 bits per heavy atom. The Labute approximate surface area is 404 Å². The van der Waals surface area contributed by atoms with Gasteiger partial charge in [0.1, 0.15) is 73.2 Å². The van der Waals surface area contributed by atoms with Gasteiger partial charge in [-0.3, -0.25) is 4.79 Å². The van der Waals surface area contributed by atoms with Crippen molar-refractivity contribution >= 4 is 5.91 Å². The fourth-order valence-electron chi connectivity index (χ4n) is 9.25. The van der Waals surface area contributed by atoms with Crippen LogP contribution in [0, 0.1) is 0 Å². The third-order valence-electron chi connectivity index (χ3n) is 13.7. The highest BCUT2D eigenvalue weighted by Gasteiger charge is 2.53. The molecule has 0 aromatic carbocycles. The molecule has 12 N–H and O–H groups in total. The van der Waals surface area contributed by atoms with Crippen LogP contribution >= 0.6 is 0 Å². The van der Waals surface area contributed by atoms with Crippen molar-refractivity contribution in [2.75, 3.05) is 26.4 Å². The Bertz CT molecular complexity index is 1270. The quantitative estimate of drug-likeness (QED) is 0.0397. The zero-order valence-corrected chi connectivity index (χ0v) is 41.1. The molecule has 3 fully saturated rings. The van der Waals surface area contributed by atoms with E-state index in [2.05, 4.69) is 19.2 Å². The second-order valence-corrected chi connectivity index (χ2v) is 19.4. The molecule has 3 saturated heterocycles. The molecule has 3 aliphatic heterocycles. The molecule has 19 heteroatoms. The van der Waals surface area contributed by atoms with E-state index in [1.165, 1.54) is 96.3 Å². The summed E-state index contributed by atoms with van der Waals surface area (Å²) >= 11 is 0. The van der Waals surface area contributed by atoms with Crippen LogP contribution in [-0.4, -0.2) is 193 Å². The van der Waals surface area contributed by atoms with Gasteiger partial charge < -0.3 is 89.9 Å². The lowest BCUT2D eigenvalue weighted by Gasteiger charge is -2.48. The van der Waals surface area contributed by atoms with Crippen molar-refractivity contribution in [2.45, 2.75) is 279 Å². The molecule has 0 bridgehead atoms.